The molecule has 9 heteroatoms. The maximum atomic E-state index is 14.1. The molecule has 0 N–H and O–H groups in total. The quantitative estimate of drug-likeness (QED) is 0.631. The lowest BCUT2D eigenvalue weighted by Gasteiger charge is -2.23. The van der Waals surface area contributed by atoms with Crippen LogP contribution in [0, 0.1) is 5.82 Å². The third-order valence-corrected chi connectivity index (χ3v) is 5.15. The molecular weight excluding hydrogens is 399 g/mol. The number of fused-ring (bicyclic) bond motifs is 2. The van der Waals surface area contributed by atoms with Crippen LogP contribution in [0.4, 0.5) is 4.39 Å². The molecule has 152 valence electrons. The first-order chi connectivity index (χ1) is 14.0. The molecule has 1 aromatic carbocycles. The fourth-order valence-corrected chi connectivity index (χ4v) is 3.69. The molecule has 3 heterocycles. The Morgan fingerprint density at radius 1 is 1.34 bits per heavy atom. The van der Waals surface area contributed by atoms with E-state index >= 15 is 0 Å². The number of ether oxygens (including phenoxy) is 2. The summed E-state index contributed by atoms with van der Waals surface area (Å²) >= 11 is 6.23. The van der Waals surface area contributed by atoms with E-state index in [4.69, 9.17) is 21.1 Å². The van der Waals surface area contributed by atoms with Gasteiger partial charge in [0, 0.05) is 18.8 Å². The van der Waals surface area contributed by atoms with E-state index in [1.54, 1.807) is 24.1 Å². The first kappa shape index (κ1) is 19.4. The van der Waals surface area contributed by atoms with Crippen molar-refractivity contribution in [2.75, 3.05) is 19.7 Å². The lowest BCUT2D eigenvalue weighted by Crippen LogP contribution is -2.35. The number of hydrogen-bond donors (Lipinski definition) is 0. The van der Waals surface area contributed by atoms with Crippen LogP contribution in [0.15, 0.2) is 30.6 Å². The Bertz CT molecular complexity index is 1070. The fourth-order valence-electron chi connectivity index (χ4n) is 3.38. The highest BCUT2D eigenvalue weighted by molar-refractivity contribution is 6.31. The Labute approximate surface area is 172 Å². The molecule has 3 aromatic rings. The zero-order valence-corrected chi connectivity index (χ0v) is 16.8. The van der Waals surface area contributed by atoms with Crippen molar-refractivity contribution in [3.8, 4) is 11.6 Å². The average molecular weight is 419 g/mol. The van der Waals surface area contributed by atoms with Crippen molar-refractivity contribution in [3.63, 3.8) is 0 Å². The van der Waals surface area contributed by atoms with Gasteiger partial charge in [0.1, 0.15) is 29.8 Å². The number of amides is 1. The first-order valence-corrected chi connectivity index (χ1v) is 9.78. The summed E-state index contributed by atoms with van der Waals surface area (Å²) in [6.45, 7) is 4.87. The van der Waals surface area contributed by atoms with E-state index in [-0.39, 0.29) is 23.4 Å². The summed E-state index contributed by atoms with van der Waals surface area (Å²) in [5.74, 6) is -0.0546. The van der Waals surface area contributed by atoms with E-state index in [0.717, 1.165) is 6.42 Å². The second-order valence-corrected chi connectivity index (χ2v) is 7.14. The normalized spacial score (nSPS) is 17.2. The van der Waals surface area contributed by atoms with Gasteiger partial charge in [0.2, 0.25) is 5.88 Å². The molecule has 4 rings (SSSR count). The predicted molar refractivity (Wildman–Crippen MR) is 105 cm³/mol. The van der Waals surface area contributed by atoms with Crippen LogP contribution in [0.5, 0.6) is 11.6 Å². The molecule has 1 aliphatic rings. The summed E-state index contributed by atoms with van der Waals surface area (Å²) in [5, 5.41) is 4.15. The van der Waals surface area contributed by atoms with Crippen molar-refractivity contribution in [1.82, 2.24) is 19.5 Å². The predicted octanol–water partition coefficient (Wildman–Crippen LogP) is 3.91. The molecule has 1 aliphatic heterocycles. The lowest BCUT2D eigenvalue weighted by atomic mass is 10.1. The third kappa shape index (κ3) is 3.60. The Morgan fingerprint density at radius 2 is 2.17 bits per heavy atom. The van der Waals surface area contributed by atoms with Crippen LogP contribution in [-0.4, -0.2) is 45.1 Å². The number of nitrogens with zero attached hydrogens (tertiary/aromatic N) is 4. The maximum Gasteiger partial charge on any atom is 0.259 e. The minimum Gasteiger partial charge on any atom is -0.491 e. The molecule has 1 amide bonds. The Kier molecular flexibility index (Phi) is 5.27. The highest BCUT2D eigenvalue weighted by atomic mass is 35.5. The van der Waals surface area contributed by atoms with Crippen molar-refractivity contribution in [2.24, 2.45) is 0 Å². The third-order valence-electron chi connectivity index (χ3n) is 4.77. The van der Waals surface area contributed by atoms with Crippen molar-refractivity contribution in [1.29, 1.82) is 0 Å². The molecule has 0 spiro atoms. The summed E-state index contributed by atoms with van der Waals surface area (Å²) in [7, 11) is 0. The monoisotopic (exact) mass is 418 g/mol. The van der Waals surface area contributed by atoms with Crippen molar-refractivity contribution in [2.45, 2.75) is 26.4 Å². The molecule has 0 saturated carbocycles. The number of carbonyl (C=O) groups is 1. The zero-order chi connectivity index (χ0) is 20.5. The second kappa shape index (κ2) is 7.87. The van der Waals surface area contributed by atoms with Gasteiger partial charge >= 0.3 is 0 Å². The van der Waals surface area contributed by atoms with Gasteiger partial charge in [-0.15, -0.1) is 0 Å². The average Bonchev–Trinajstić information content (AvgIpc) is 3.12. The highest BCUT2D eigenvalue weighted by Gasteiger charge is 2.25. The molecule has 1 atom stereocenters. The molecule has 7 nitrogen and oxygen atoms in total. The van der Waals surface area contributed by atoms with Gasteiger partial charge < -0.3 is 14.4 Å². The Morgan fingerprint density at radius 3 is 2.97 bits per heavy atom. The SMILES string of the molecule is CCCN1CCOc2ccc(F)c(Cl)c2C(C)Oc2ccn3ncc(c3n2)C1=O. The van der Waals surface area contributed by atoms with Crippen LogP contribution in [-0.2, 0) is 0 Å². The smallest absolute Gasteiger partial charge is 0.259 e. The van der Waals surface area contributed by atoms with Crippen molar-refractivity contribution < 1.29 is 18.7 Å². The van der Waals surface area contributed by atoms with Crippen LogP contribution in [0.3, 0.4) is 0 Å². The van der Waals surface area contributed by atoms with Gasteiger partial charge in [-0.2, -0.15) is 10.1 Å². The van der Waals surface area contributed by atoms with Crippen LogP contribution >= 0.6 is 11.6 Å². The van der Waals surface area contributed by atoms with E-state index in [1.807, 2.05) is 6.92 Å². The van der Waals surface area contributed by atoms with E-state index in [9.17, 15) is 9.18 Å². The highest BCUT2D eigenvalue weighted by Crippen LogP contribution is 2.36. The Hall–Kier alpha value is -2.87. The van der Waals surface area contributed by atoms with Gasteiger partial charge in [-0.05, 0) is 25.5 Å². The summed E-state index contributed by atoms with van der Waals surface area (Å²) in [4.78, 5) is 19.2. The number of halogens is 2. The number of carbonyl (C=O) groups excluding carboxylic acids is 1. The van der Waals surface area contributed by atoms with Gasteiger partial charge in [0.15, 0.2) is 5.65 Å². The summed E-state index contributed by atoms with van der Waals surface area (Å²) in [6.07, 6.45) is 3.33. The molecular formula is C20H20ClFN4O3. The van der Waals surface area contributed by atoms with E-state index < -0.39 is 11.9 Å². The number of benzene rings is 1. The molecule has 2 aromatic heterocycles. The van der Waals surface area contributed by atoms with Crippen LogP contribution in [0.1, 0.15) is 42.3 Å². The summed E-state index contributed by atoms with van der Waals surface area (Å²) in [5.41, 5.74) is 1.18. The lowest BCUT2D eigenvalue weighted by molar-refractivity contribution is 0.0731. The number of hydrogen-bond acceptors (Lipinski definition) is 5. The summed E-state index contributed by atoms with van der Waals surface area (Å²) < 4.78 is 27.4. The van der Waals surface area contributed by atoms with Crippen LogP contribution in [0.2, 0.25) is 5.02 Å². The maximum absolute atomic E-state index is 14.1. The molecule has 2 bridgehead atoms. The van der Waals surface area contributed by atoms with Crippen LogP contribution in [0.25, 0.3) is 5.65 Å². The largest absolute Gasteiger partial charge is 0.491 e. The van der Waals surface area contributed by atoms with E-state index in [2.05, 4.69) is 10.1 Å². The standard InChI is InChI=1S/C20H20ClFN4O3/c1-3-7-25-9-10-28-15-5-4-14(22)18(21)17(15)12(2)29-16-6-8-26-19(24-16)13(11-23-26)20(25)27/h4-6,8,11-12H,3,7,9-10H2,1-2H3. The van der Waals surface area contributed by atoms with E-state index in [1.165, 1.54) is 22.8 Å². The minimum absolute atomic E-state index is 0.0579. The van der Waals surface area contributed by atoms with Crippen molar-refractivity contribution in [3.05, 3.63) is 52.6 Å². The zero-order valence-electron chi connectivity index (χ0n) is 16.1. The second-order valence-electron chi connectivity index (χ2n) is 6.77. The molecule has 0 fully saturated rings. The number of rotatable bonds is 2. The van der Waals surface area contributed by atoms with Gasteiger partial charge in [0.05, 0.1) is 23.3 Å². The van der Waals surface area contributed by atoms with Crippen LogP contribution < -0.4 is 9.47 Å². The molecule has 0 radical (unpaired) electrons. The minimum atomic E-state index is -0.627. The Balaban J connectivity index is 1.84. The topological polar surface area (TPSA) is 69.0 Å². The molecule has 0 aliphatic carbocycles. The van der Waals surface area contributed by atoms with Crippen molar-refractivity contribution >= 4 is 23.2 Å². The van der Waals surface area contributed by atoms with Gasteiger partial charge in [-0.3, -0.25) is 4.79 Å². The molecule has 29 heavy (non-hydrogen) atoms. The van der Waals surface area contributed by atoms with E-state index in [0.29, 0.717) is 35.6 Å². The van der Waals surface area contributed by atoms with Gasteiger partial charge in [-0.25, -0.2) is 8.91 Å². The molecule has 1 unspecified atom stereocenters. The van der Waals surface area contributed by atoms with Gasteiger partial charge in [-0.1, -0.05) is 18.5 Å². The van der Waals surface area contributed by atoms with Gasteiger partial charge in [0.25, 0.3) is 5.91 Å². The molecule has 0 saturated heterocycles. The number of aromatic nitrogens is 3. The summed E-state index contributed by atoms with van der Waals surface area (Å²) in [6, 6.07) is 4.40. The fraction of sp³-hybridized carbons (Fsp3) is 0.350. The first-order valence-electron chi connectivity index (χ1n) is 9.40.